The smallest absolute Gasteiger partial charge is 0.364 e. The molecule has 0 spiro atoms. The number of ether oxygens (including phenoxy) is 1. The molecule has 0 N–H and O–H groups in total. The second-order valence-electron chi connectivity index (χ2n) is 3.95. The molecule has 0 saturated carbocycles. The maximum absolute atomic E-state index is 13.4. The molecule has 0 radical (unpaired) electrons. The average Bonchev–Trinajstić information content (AvgIpc) is 2.28. The summed E-state index contributed by atoms with van der Waals surface area (Å²) in [5.74, 6) is -0.910. The first kappa shape index (κ1) is 14.7. The largest absolute Gasteiger partial charge is 0.418 e. The summed E-state index contributed by atoms with van der Waals surface area (Å²) in [5.41, 5.74) is 0.336. The Hall–Kier alpha value is -1.36. The summed E-state index contributed by atoms with van der Waals surface area (Å²) in [6.45, 7) is 4.46. The maximum atomic E-state index is 13.4. The summed E-state index contributed by atoms with van der Waals surface area (Å²) >= 11 is 0. The summed E-state index contributed by atoms with van der Waals surface area (Å²) in [6, 6.07) is 5.94. The quantitative estimate of drug-likeness (QED) is 0.574. The highest BCUT2D eigenvalue weighted by Gasteiger charge is 2.38. The SMILES string of the molecule is C=CC(OCC(C)c1ccccc1F)C(F)(F)F. The maximum Gasteiger partial charge on any atom is 0.418 e. The van der Waals surface area contributed by atoms with Crippen LogP contribution in [0.15, 0.2) is 36.9 Å². The van der Waals surface area contributed by atoms with Crippen molar-refractivity contribution in [1.82, 2.24) is 0 Å². The predicted molar refractivity (Wildman–Crippen MR) is 60.8 cm³/mol. The molecule has 2 atom stereocenters. The van der Waals surface area contributed by atoms with Gasteiger partial charge >= 0.3 is 6.18 Å². The molecule has 2 unspecified atom stereocenters. The molecule has 0 aliphatic heterocycles. The van der Waals surface area contributed by atoms with Gasteiger partial charge in [0, 0.05) is 5.92 Å². The molecular weight excluding hydrogens is 248 g/mol. The zero-order valence-electron chi connectivity index (χ0n) is 9.88. The molecule has 0 aliphatic carbocycles. The molecule has 1 aromatic carbocycles. The number of hydrogen-bond acceptors (Lipinski definition) is 1. The zero-order valence-corrected chi connectivity index (χ0v) is 9.88. The Labute approximate surface area is 103 Å². The molecule has 100 valence electrons. The van der Waals surface area contributed by atoms with E-state index in [9.17, 15) is 17.6 Å². The van der Waals surface area contributed by atoms with Crippen molar-refractivity contribution in [2.24, 2.45) is 0 Å². The Morgan fingerprint density at radius 1 is 1.33 bits per heavy atom. The van der Waals surface area contributed by atoms with Crippen LogP contribution >= 0.6 is 0 Å². The number of benzene rings is 1. The molecule has 0 fully saturated rings. The summed E-state index contributed by atoms with van der Waals surface area (Å²) in [5, 5.41) is 0. The fourth-order valence-corrected chi connectivity index (χ4v) is 1.51. The van der Waals surface area contributed by atoms with E-state index in [0.29, 0.717) is 11.6 Å². The molecule has 1 nitrogen and oxygen atoms in total. The highest BCUT2D eigenvalue weighted by molar-refractivity contribution is 5.21. The molecule has 0 heterocycles. The van der Waals surface area contributed by atoms with Crippen LogP contribution in [-0.4, -0.2) is 18.9 Å². The Kier molecular flexibility index (Phi) is 4.90. The fourth-order valence-electron chi connectivity index (χ4n) is 1.51. The van der Waals surface area contributed by atoms with Crippen molar-refractivity contribution in [3.8, 4) is 0 Å². The standard InChI is InChI=1S/C13H14F4O/c1-3-12(13(15,16)17)18-8-9(2)10-6-4-5-7-11(10)14/h3-7,9,12H,1,8H2,2H3. The van der Waals surface area contributed by atoms with E-state index in [4.69, 9.17) is 4.74 Å². The molecule has 0 saturated heterocycles. The fraction of sp³-hybridized carbons (Fsp3) is 0.385. The Morgan fingerprint density at radius 2 is 1.94 bits per heavy atom. The van der Waals surface area contributed by atoms with Gasteiger partial charge in [-0.2, -0.15) is 13.2 Å². The van der Waals surface area contributed by atoms with E-state index >= 15 is 0 Å². The molecule has 0 amide bonds. The topological polar surface area (TPSA) is 9.23 Å². The molecule has 5 heteroatoms. The number of rotatable bonds is 5. The molecular formula is C13H14F4O. The summed E-state index contributed by atoms with van der Waals surface area (Å²) in [7, 11) is 0. The van der Waals surface area contributed by atoms with E-state index in [0.717, 1.165) is 0 Å². The van der Waals surface area contributed by atoms with Crippen LogP contribution < -0.4 is 0 Å². The summed E-state index contributed by atoms with van der Waals surface area (Å²) < 4.78 is 55.2. The molecule has 18 heavy (non-hydrogen) atoms. The lowest BCUT2D eigenvalue weighted by Gasteiger charge is -2.20. The van der Waals surface area contributed by atoms with E-state index in [1.165, 1.54) is 18.2 Å². The van der Waals surface area contributed by atoms with Gasteiger partial charge in [-0.3, -0.25) is 0 Å². The van der Waals surface area contributed by atoms with Crippen molar-refractivity contribution in [1.29, 1.82) is 0 Å². The van der Waals surface area contributed by atoms with Crippen molar-refractivity contribution in [2.75, 3.05) is 6.61 Å². The van der Waals surface area contributed by atoms with Gasteiger partial charge < -0.3 is 4.74 Å². The van der Waals surface area contributed by atoms with Gasteiger partial charge in [0.15, 0.2) is 6.10 Å². The highest BCUT2D eigenvalue weighted by atomic mass is 19.4. The van der Waals surface area contributed by atoms with Gasteiger partial charge in [0.25, 0.3) is 0 Å². The Morgan fingerprint density at radius 3 is 2.44 bits per heavy atom. The third-order valence-corrected chi connectivity index (χ3v) is 2.50. The van der Waals surface area contributed by atoms with E-state index in [1.807, 2.05) is 0 Å². The normalized spacial score (nSPS) is 15.2. The molecule has 1 aromatic rings. The first-order chi connectivity index (χ1) is 8.36. The van der Waals surface area contributed by atoms with Crippen LogP contribution in [0.1, 0.15) is 18.4 Å². The van der Waals surface area contributed by atoms with Gasteiger partial charge in [0.1, 0.15) is 5.82 Å². The second-order valence-corrected chi connectivity index (χ2v) is 3.95. The van der Waals surface area contributed by atoms with Gasteiger partial charge in [-0.25, -0.2) is 4.39 Å². The van der Waals surface area contributed by atoms with Crippen molar-refractivity contribution < 1.29 is 22.3 Å². The van der Waals surface area contributed by atoms with Crippen LogP contribution in [0, 0.1) is 5.82 Å². The van der Waals surface area contributed by atoms with E-state index < -0.39 is 24.0 Å². The van der Waals surface area contributed by atoms with Gasteiger partial charge in [0.2, 0.25) is 0 Å². The predicted octanol–water partition coefficient (Wildman–Crippen LogP) is 4.06. The van der Waals surface area contributed by atoms with Crippen LogP contribution in [-0.2, 0) is 4.74 Å². The zero-order chi connectivity index (χ0) is 13.8. The monoisotopic (exact) mass is 262 g/mol. The average molecular weight is 262 g/mol. The van der Waals surface area contributed by atoms with Gasteiger partial charge in [-0.1, -0.05) is 31.2 Å². The van der Waals surface area contributed by atoms with Gasteiger partial charge in [-0.05, 0) is 11.6 Å². The van der Waals surface area contributed by atoms with Crippen molar-refractivity contribution >= 4 is 0 Å². The first-order valence-corrected chi connectivity index (χ1v) is 5.41. The third kappa shape index (κ3) is 3.84. The lowest BCUT2D eigenvalue weighted by molar-refractivity contribution is -0.204. The summed E-state index contributed by atoms with van der Waals surface area (Å²) in [4.78, 5) is 0. The minimum atomic E-state index is -4.49. The first-order valence-electron chi connectivity index (χ1n) is 5.41. The van der Waals surface area contributed by atoms with Crippen LogP contribution in [0.4, 0.5) is 17.6 Å². The van der Waals surface area contributed by atoms with Gasteiger partial charge in [0.05, 0.1) is 6.61 Å². The van der Waals surface area contributed by atoms with E-state index in [-0.39, 0.29) is 6.61 Å². The van der Waals surface area contributed by atoms with Crippen molar-refractivity contribution in [3.63, 3.8) is 0 Å². The minimum Gasteiger partial charge on any atom is -0.364 e. The summed E-state index contributed by atoms with van der Waals surface area (Å²) in [6.07, 6.45) is -5.82. The minimum absolute atomic E-state index is 0.225. The van der Waals surface area contributed by atoms with Crippen LogP contribution in [0.5, 0.6) is 0 Å². The van der Waals surface area contributed by atoms with Crippen LogP contribution in [0.25, 0.3) is 0 Å². The lowest BCUT2D eigenvalue weighted by Crippen LogP contribution is -2.30. The van der Waals surface area contributed by atoms with Crippen molar-refractivity contribution in [3.05, 3.63) is 48.3 Å². The van der Waals surface area contributed by atoms with Gasteiger partial charge in [-0.15, -0.1) is 6.58 Å². The molecule has 0 aromatic heterocycles. The van der Waals surface area contributed by atoms with Crippen molar-refractivity contribution in [2.45, 2.75) is 25.1 Å². The number of alkyl halides is 3. The highest BCUT2D eigenvalue weighted by Crippen LogP contribution is 2.26. The third-order valence-electron chi connectivity index (χ3n) is 2.50. The van der Waals surface area contributed by atoms with Crippen LogP contribution in [0.2, 0.25) is 0 Å². The second kappa shape index (κ2) is 6.00. The molecule has 1 rings (SSSR count). The lowest BCUT2D eigenvalue weighted by atomic mass is 10.0. The van der Waals surface area contributed by atoms with E-state index in [2.05, 4.69) is 6.58 Å². The Bertz CT molecular complexity index is 400. The van der Waals surface area contributed by atoms with Crippen LogP contribution in [0.3, 0.4) is 0 Å². The molecule has 0 bridgehead atoms. The van der Waals surface area contributed by atoms with E-state index in [1.54, 1.807) is 13.0 Å². The molecule has 0 aliphatic rings. The number of hydrogen-bond donors (Lipinski definition) is 0. The Balaban J connectivity index is 2.64. The number of halogens is 4.